The standard InChI is InChI=1S/C32H33Cl3N4O9S.Ac/c1-12-5-14-6-16-17(7-36)39-18-8-45-30(42)15(37-31(43)46-10-32(33,34)35)9-49-29(21-20(18)28-27(47-11-48-28)13(2)24(21)40)23(39)22(38(16)3)19(14)25(41)26(12)44-4;/h5,15-18,22-23,29,40-41H,6,8-11H2,1-4H3,(H,37,43);/t15-,16-,17-,18-,22+,23?,29+;/m0./s1. The molecule has 2 aromatic rings. The van der Waals surface area contributed by atoms with Crippen LogP contribution in [-0.2, 0) is 20.7 Å². The second kappa shape index (κ2) is 14.2. The number of nitriles is 1. The molecular weight excluding hydrogens is 950 g/mol. The number of alkyl halides is 3. The molecule has 0 spiro atoms. The van der Waals surface area contributed by atoms with Gasteiger partial charge in [-0.1, -0.05) is 40.9 Å². The van der Waals surface area contributed by atoms with E-state index in [1.807, 2.05) is 20.0 Å². The summed E-state index contributed by atoms with van der Waals surface area (Å²) in [5.74, 6) is 0.388. The third-order valence-electron chi connectivity index (χ3n) is 10.1. The maximum Gasteiger partial charge on any atom is 0.408 e. The van der Waals surface area contributed by atoms with Crippen molar-refractivity contribution in [3.8, 4) is 34.8 Å². The van der Waals surface area contributed by atoms with Crippen molar-refractivity contribution in [1.82, 2.24) is 15.1 Å². The van der Waals surface area contributed by atoms with E-state index in [4.69, 9.17) is 58.5 Å². The van der Waals surface area contributed by atoms with Crippen LogP contribution in [0.3, 0.4) is 0 Å². The number of thioether (sulfide) groups is 1. The van der Waals surface area contributed by atoms with Crippen LogP contribution < -0.4 is 19.5 Å². The van der Waals surface area contributed by atoms with E-state index >= 15 is 0 Å². The Hall–Kier alpha value is -1.75. The Morgan fingerprint density at radius 3 is 2.56 bits per heavy atom. The van der Waals surface area contributed by atoms with E-state index in [0.29, 0.717) is 45.9 Å². The zero-order valence-electron chi connectivity index (χ0n) is 27.4. The molecule has 1 radical (unpaired) electrons. The van der Waals surface area contributed by atoms with Gasteiger partial charge in [0.2, 0.25) is 10.6 Å². The first-order chi connectivity index (χ1) is 23.3. The number of rotatable bonds is 3. The summed E-state index contributed by atoms with van der Waals surface area (Å²) in [7, 11) is 3.43. The molecule has 50 heavy (non-hydrogen) atoms. The van der Waals surface area contributed by atoms with Gasteiger partial charge in [0.25, 0.3) is 0 Å². The first-order valence-corrected chi connectivity index (χ1v) is 17.7. The molecule has 1 unspecified atom stereocenters. The van der Waals surface area contributed by atoms with Gasteiger partial charge in [-0.25, -0.2) is 9.59 Å². The maximum atomic E-state index is 13.6. The first kappa shape index (κ1) is 38.0. The van der Waals surface area contributed by atoms with Crippen molar-refractivity contribution >= 4 is 58.6 Å². The number of carbonyl (C=O) groups excluding carboxylic acids is 2. The number of hydrogen-bond donors (Lipinski definition) is 3. The predicted molar refractivity (Wildman–Crippen MR) is 179 cm³/mol. The van der Waals surface area contributed by atoms with Crippen molar-refractivity contribution in [1.29, 1.82) is 5.26 Å². The number of carbonyl (C=O) groups is 2. The van der Waals surface area contributed by atoms with E-state index < -0.39 is 57.9 Å². The number of methoxy groups -OCH3 is 1. The fourth-order valence-corrected chi connectivity index (χ4v) is 9.81. The Bertz CT molecular complexity index is 1790. The number of esters is 1. The zero-order valence-corrected chi connectivity index (χ0v) is 35.2. The largest absolute Gasteiger partial charge is 0.507 e. The van der Waals surface area contributed by atoms with Crippen molar-refractivity contribution in [2.75, 3.05) is 39.9 Å². The number of phenolic OH excluding ortho intramolecular Hbond substituents is 2. The smallest absolute Gasteiger partial charge is 0.408 e. The molecule has 5 aliphatic heterocycles. The van der Waals surface area contributed by atoms with Gasteiger partial charge in [-0.3, -0.25) is 9.80 Å². The number of aromatic hydroxyl groups is 2. The van der Waals surface area contributed by atoms with E-state index in [0.717, 1.165) is 11.1 Å². The van der Waals surface area contributed by atoms with E-state index in [1.165, 1.54) is 18.9 Å². The monoisotopic (exact) mass is 981 g/mol. The summed E-state index contributed by atoms with van der Waals surface area (Å²) < 4.78 is 26.5. The van der Waals surface area contributed by atoms with Crippen LogP contribution in [0.4, 0.5) is 4.79 Å². The molecule has 0 aliphatic carbocycles. The van der Waals surface area contributed by atoms with Crippen LogP contribution in [0.25, 0.3) is 0 Å². The van der Waals surface area contributed by atoms with Crippen LogP contribution in [0, 0.1) is 69.2 Å². The molecule has 0 saturated carbocycles. The summed E-state index contributed by atoms with van der Waals surface area (Å²) in [4.78, 5) is 30.4. The van der Waals surface area contributed by atoms with Crippen molar-refractivity contribution in [2.24, 2.45) is 0 Å². The topological polar surface area (TPSA) is 163 Å². The third-order valence-corrected chi connectivity index (χ3v) is 11.8. The quantitative estimate of drug-likeness (QED) is 0.292. The van der Waals surface area contributed by atoms with Crippen molar-refractivity contribution < 1.29 is 87.5 Å². The molecule has 5 aliphatic rings. The van der Waals surface area contributed by atoms with Crippen molar-refractivity contribution in [2.45, 2.75) is 65.6 Å². The predicted octanol–water partition coefficient (Wildman–Crippen LogP) is 4.48. The number of aryl methyl sites for hydroxylation is 1. The van der Waals surface area contributed by atoms with Gasteiger partial charge < -0.3 is 39.2 Å². The Morgan fingerprint density at radius 2 is 1.88 bits per heavy atom. The summed E-state index contributed by atoms with van der Waals surface area (Å²) in [5, 5.41) is 36.5. The average Bonchev–Trinajstić information content (AvgIpc) is 3.54. The van der Waals surface area contributed by atoms with E-state index in [-0.39, 0.29) is 80.8 Å². The number of likely N-dealkylation sites (N-methyl/N-ethyl adjacent to an activating group) is 1. The maximum absolute atomic E-state index is 13.6. The molecule has 13 nitrogen and oxygen atoms in total. The Balaban J connectivity index is 0.00000432. The molecule has 0 aromatic heterocycles. The molecule has 3 N–H and O–H groups in total. The molecule has 5 heterocycles. The van der Waals surface area contributed by atoms with E-state index in [1.54, 1.807) is 6.92 Å². The Morgan fingerprint density at radius 1 is 1.16 bits per heavy atom. The number of halogens is 3. The molecule has 2 fully saturated rings. The number of benzene rings is 2. The van der Waals surface area contributed by atoms with Gasteiger partial charge in [0.1, 0.15) is 31.0 Å². The number of nitrogens with zero attached hydrogens (tertiary/aromatic N) is 3. The summed E-state index contributed by atoms with van der Waals surface area (Å²) in [6.07, 6.45) is -0.517. The zero-order chi connectivity index (χ0) is 35.1. The van der Waals surface area contributed by atoms with E-state index in [9.17, 15) is 25.1 Å². The van der Waals surface area contributed by atoms with Gasteiger partial charge in [-0.05, 0) is 38.4 Å². The van der Waals surface area contributed by atoms with Crippen molar-refractivity contribution in [3.63, 3.8) is 0 Å². The Labute approximate surface area is 343 Å². The summed E-state index contributed by atoms with van der Waals surface area (Å²) in [6.45, 7) is 2.72. The van der Waals surface area contributed by atoms with Crippen LogP contribution in [0.1, 0.15) is 50.7 Å². The van der Waals surface area contributed by atoms with Crippen LogP contribution in [0.15, 0.2) is 6.07 Å². The van der Waals surface area contributed by atoms with Gasteiger partial charge in [-0.2, -0.15) is 5.26 Å². The molecule has 18 heteroatoms. The molecule has 7 atom stereocenters. The Kier molecular flexibility index (Phi) is 10.8. The molecule has 4 bridgehead atoms. The number of cyclic esters (lactones) is 1. The molecule has 265 valence electrons. The molecule has 2 saturated heterocycles. The molecule has 2 aromatic carbocycles. The minimum Gasteiger partial charge on any atom is -0.507 e. The fraction of sp³-hybridized carbons (Fsp3) is 0.531. The fourth-order valence-electron chi connectivity index (χ4n) is 8.14. The number of fused-ring (bicyclic) bond motifs is 9. The molecule has 7 rings (SSSR count). The van der Waals surface area contributed by atoms with Crippen LogP contribution in [-0.4, -0.2) is 100.0 Å². The van der Waals surface area contributed by atoms with Gasteiger partial charge in [-0.15, -0.1) is 11.8 Å². The first-order valence-electron chi connectivity index (χ1n) is 15.5. The number of nitrogens with one attached hydrogen (secondary N) is 1. The summed E-state index contributed by atoms with van der Waals surface area (Å²) in [6, 6.07) is 0.514. The van der Waals surface area contributed by atoms with Gasteiger partial charge in [0.15, 0.2) is 23.0 Å². The van der Waals surface area contributed by atoms with Crippen LogP contribution in [0.2, 0.25) is 0 Å². The van der Waals surface area contributed by atoms with E-state index in [2.05, 4.69) is 21.2 Å². The van der Waals surface area contributed by atoms with Crippen molar-refractivity contribution in [3.05, 3.63) is 39.4 Å². The van der Waals surface area contributed by atoms with Gasteiger partial charge in [0, 0.05) is 84.2 Å². The van der Waals surface area contributed by atoms with Gasteiger partial charge in [0.05, 0.1) is 30.5 Å². The minimum absolute atomic E-state index is 0. The normalized spacial score (nSPS) is 28.2. The number of ether oxygens (including phenoxy) is 5. The third kappa shape index (κ3) is 6.13. The second-order valence-corrected chi connectivity index (χ2v) is 16.4. The van der Waals surface area contributed by atoms with Crippen LogP contribution in [0.5, 0.6) is 28.7 Å². The molecule has 1 amide bonds. The number of amides is 1. The SMILES string of the molecule is COc1c(C)cc2c(c1O)[C@@H]1C3[C@@H]4SC[C@H](NC(=O)OCC(Cl)(Cl)Cl)C(=O)OC[C@@H](c5c6c(c(C)c(O)c54)OCO6)N3[C@@H](C#N)[C@H](C2)N1C.[Ac]. The molecular formula is C32H33AcCl3N4O9S. The number of phenols is 2. The summed E-state index contributed by atoms with van der Waals surface area (Å²) >= 11 is 18.5. The number of hydrogen-bond acceptors (Lipinski definition) is 13. The number of alkyl carbamates (subject to hydrolysis) is 1. The summed E-state index contributed by atoms with van der Waals surface area (Å²) in [5.41, 5.74) is 3.92. The minimum atomic E-state index is -1.86. The second-order valence-electron chi connectivity index (χ2n) is 12.7. The van der Waals surface area contributed by atoms with Gasteiger partial charge >= 0.3 is 12.1 Å². The van der Waals surface area contributed by atoms with Crippen LogP contribution >= 0.6 is 46.6 Å². The number of piperazine rings is 1. The average molecular weight is 983 g/mol.